The van der Waals surface area contributed by atoms with Gasteiger partial charge >= 0.3 is 5.97 Å². The molecule has 1 saturated heterocycles. The number of nitrogens with zero attached hydrogens (tertiary/aromatic N) is 3. The summed E-state index contributed by atoms with van der Waals surface area (Å²) in [5, 5.41) is 13.7. The molecule has 1 unspecified atom stereocenters. The number of hydrogen-bond acceptors (Lipinski definition) is 3. The molecule has 1 spiro atoms. The van der Waals surface area contributed by atoms with Crippen LogP contribution in [0.1, 0.15) is 35.4 Å². The van der Waals surface area contributed by atoms with Gasteiger partial charge in [-0.25, -0.2) is 4.68 Å². The Morgan fingerprint density at radius 1 is 1.20 bits per heavy atom. The van der Waals surface area contributed by atoms with Gasteiger partial charge in [-0.3, -0.25) is 9.59 Å². The van der Waals surface area contributed by atoms with E-state index in [9.17, 15) is 14.7 Å². The maximum atomic E-state index is 12.8. The molecule has 1 aromatic carbocycles. The van der Waals surface area contributed by atoms with Crippen molar-refractivity contribution in [3.05, 3.63) is 47.8 Å². The molecule has 1 saturated carbocycles. The molecule has 2 aliphatic rings. The number of amides is 1. The van der Waals surface area contributed by atoms with Crippen molar-refractivity contribution in [3.63, 3.8) is 0 Å². The Kier molecular flexibility index (Phi) is 3.63. The predicted octanol–water partition coefficient (Wildman–Crippen LogP) is 2.51. The van der Waals surface area contributed by atoms with E-state index in [2.05, 4.69) is 5.10 Å². The minimum Gasteiger partial charge on any atom is -0.481 e. The molecule has 2 fully saturated rings. The van der Waals surface area contributed by atoms with Crippen LogP contribution in [0.15, 0.2) is 36.4 Å². The number of benzene rings is 1. The van der Waals surface area contributed by atoms with Crippen LogP contribution in [0.2, 0.25) is 0 Å². The molecule has 1 aliphatic heterocycles. The van der Waals surface area contributed by atoms with Crippen LogP contribution in [0.5, 0.6) is 0 Å². The molecule has 1 amide bonds. The van der Waals surface area contributed by atoms with E-state index in [-0.39, 0.29) is 17.2 Å². The number of piperidine rings is 1. The van der Waals surface area contributed by atoms with E-state index in [0.717, 1.165) is 30.6 Å². The number of aromatic nitrogens is 2. The molecule has 0 bridgehead atoms. The van der Waals surface area contributed by atoms with Crippen molar-refractivity contribution in [2.45, 2.75) is 26.2 Å². The molecule has 1 aliphatic carbocycles. The summed E-state index contributed by atoms with van der Waals surface area (Å²) in [6.45, 7) is 3.16. The molecule has 130 valence electrons. The molecule has 4 rings (SSSR count). The zero-order chi connectivity index (χ0) is 17.6. The second-order valence-electron chi connectivity index (χ2n) is 7.17. The summed E-state index contributed by atoms with van der Waals surface area (Å²) in [6, 6.07) is 11.6. The van der Waals surface area contributed by atoms with E-state index in [1.165, 1.54) is 0 Å². The first-order chi connectivity index (χ1) is 12.0. The Labute approximate surface area is 146 Å². The monoisotopic (exact) mass is 339 g/mol. The molecule has 25 heavy (non-hydrogen) atoms. The van der Waals surface area contributed by atoms with Gasteiger partial charge in [-0.05, 0) is 49.8 Å². The predicted molar refractivity (Wildman–Crippen MR) is 91.6 cm³/mol. The number of rotatable bonds is 3. The van der Waals surface area contributed by atoms with Crippen LogP contribution in [-0.4, -0.2) is 44.8 Å². The fraction of sp³-hybridized carbons (Fsp3) is 0.421. The highest BCUT2D eigenvalue weighted by molar-refractivity contribution is 5.92. The van der Waals surface area contributed by atoms with Crippen LogP contribution >= 0.6 is 0 Å². The smallest absolute Gasteiger partial charge is 0.307 e. The normalized spacial score (nSPS) is 21.3. The van der Waals surface area contributed by atoms with Crippen LogP contribution in [0, 0.1) is 18.3 Å². The number of carbonyl (C=O) groups excluding carboxylic acids is 1. The summed E-state index contributed by atoms with van der Waals surface area (Å²) < 4.78 is 1.78. The Bertz CT molecular complexity index is 820. The first kappa shape index (κ1) is 15.9. The molecular weight excluding hydrogens is 318 g/mol. The van der Waals surface area contributed by atoms with E-state index >= 15 is 0 Å². The maximum absolute atomic E-state index is 12.8. The third-order valence-corrected chi connectivity index (χ3v) is 5.64. The highest BCUT2D eigenvalue weighted by atomic mass is 16.4. The molecule has 6 heteroatoms. The van der Waals surface area contributed by atoms with Crippen molar-refractivity contribution < 1.29 is 14.7 Å². The van der Waals surface area contributed by atoms with Crippen LogP contribution in [0.4, 0.5) is 0 Å². The Balaban J connectivity index is 1.47. The number of carboxylic acids is 1. The van der Waals surface area contributed by atoms with Gasteiger partial charge in [0, 0.05) is 18.8 Å². The van der Waals surface area contributed by atoms with E-state index in [0.29, 0.717) is 18.8 Å². The van der Waals surface area contributed by atoms with Gasteiger partial charge in [-0.15, -0.1) is 0 Å². The number of carboxylic acid groups (broad SMARTS) is 1. The second kappa shape index (κ2) is 5.72. The molecule has 2 heterocycles. The molecule has 2 aromatic rings. The van der Waals surface area contributed by atoms with E-state index in [4.69, 9.17) is 0 Å². The van der Waals surface area contributed by atoms with Gasteiger partial charge in [0.1, 0.15) is 0 Å². The van der Waals surface area contributed by atoms with Crippen molar-refractivity contribution in [3.8, 4) is 5.69 Å². The van der Waals surface area contributed by atoms with Crippen LogP contribution in [0.25, 0.3) is 5.69 Å². The van der Waals surface area contributed by atoms with Crippen molar-refractivity contribution in [1.29, 1.82) is 0 Å². The highest BCUT2D eigenvalue weighted by Crippen LogP contribution is 2.59. The third kappa shape index (κ3) is 2.71. The zero-order valence-electron chi connectivity index (χ0n) is 14.2. The molecular formula is C19H21N3O3. The van der Waals surface area contributed by atoms with Crippen LogP contribution in [-0.2, 0) is 4.79 Å². The van der Waals surface area contributed by atoms with Gasteiger partial charge in [0.05, 0.1) is 11.6 Å². The van der Waals surface area contributed by atoms with Gasteiger partial charge in [-0.1, -0.05) is 18.2 Å². The number of hydrogen-bond donors (Lipinski definition) is 1. The van der Waals surface area contributed by atoms with Crippen molar-refractivity contribution in [1.82, 2.24) is 14.7 Å². The average molecular weight is 339 g/mol. The van der Waals surface area contributed by atoms with Gasteiger partial charge in [0.15, 0.2) is 5.69 Å². The number of aliphatic carboxylic acids is 1. The highest BCUT2D eigenvalue weighted by Gasteiger charge is 2.59. The zero-order valence-corrected chi connectivity index (χ0v) is 14.2. The van der Waals surface area contributed by atoms with Crippen LogP contribution in [0.3, 0.4) is 0 Å². The standard InChI is InChI=1S/C19H21N3O3/c1-13-11-16(20-22(13)14-5-3-2-4-6-14)17(23)21-9-7-19(8-10-21)12-15(19)18(24)25/h2-6,11,15H,7-10,12H2,1H3,(H,24,25). The number of para-hydroxylation sites is 1. The number of aryl methyl sites for hydroxylation is 1. The summed E-state index contributed by atoms with van der Waals surface area (Å²) in [4.78, 5) is 25.7. The Morgan fingerprint density at radius 3 is 2.48 bits per heavy atom. The van der Waals surface area contributed by atoms with Gasteiger partial charge in [-0.2, -0.15) is 5.10 Å². The summed E-state index contributed by atoms with van der Waals surface area (Å²) in [5.74, 6) is -0.985. The fourth-order valence-corrected chi connectivity index (χ4v) is 3.98. The Morgan fingerprint density at radius 2 is 1.88 bits per heavy atom. The summed E-state index contributed by atoms with van der Waals surface area (Å²) in [7, 11) is 0. The Hall–Kier alpha value is -2.63. The van der Waals surface area contributed by atoms with Crippen molar-refractivity contribution in [2.24, 2.45) is 11.3 Å². The fourth-order valence-electron chi connectivity index (χ4n) is 3.98. The lowest BCUT2D eigenvalue weighted by Gasteiger charge is -2.32. The summed E-state index contributed by atoms with van der Waals surface area (Å²) >= 11 is 0. The lowest BCUT2D eigenvalue weighted by Crippen LogP contribution is -2.40. The minimum atomic E-state index is -0.697. The summed E-state index contributed by atoms with van der Waals surface area (Å²) in [6.07, 6.45) is 2.30. The largest absolute Gasteiger partial charge is 0.481 e. The molecule has 1 aromatic heterocycles. The van der Waals surface area contributed by atoms with Gasteiger partial charge in [0.25, 0.3) is 5.91 Å². The van der Waals surface area contributed by atoms with Crippen molar-refractivity contribution in [2.75, 3.05) is 13.1 Å². The number of carbonyl (C=O) groups is 2. The van der Waals surface area contributed by atoms with Crippen molar-refractivity contribution >= 4 is 11.9 Å². The molecule has 1 atom stereocenters. The van der Waals surface area contributed by atoms with E-state index in [1.54, 1.807) is 9.58 Å². The second-order valence-corrected chi connectivity index (χ2v) is 7.17. The first-order valence-electron chi connectivity index (χ1n) is 8.64. The third-order valence-electron chi connectivity index (χ3n) is 5.64. The van der Waals surface area contributed by atoms with Gasteiger partial charge < -0.3 is 10.0 Å². The first-order valence-corrected chi connectivity index (χ1v) is 8.64. The molecule has 0 radical (unpaired) electrons. The quantitative estimate of drug-likeness (QED) is 0.932. The maximum Gasteiger partial charge on any atom is 0.307 e. The SMILES string of the molecule is Cc1cc(C(=O)N2CCC3(CC2)CC3C(=O)O)nn1-c1ccccc1. The average Bonchev–Trinajstić information content (AvgIpc) is 3.18. The minimum absolute atomic E-state index is 0.0675. The number of likely N-dealkylation sites (tertiary alicyclic amines) is 1. The molecule has 6 nitrogen and oxygen atoms in total. The van der Waals surface area contributed by atoms with Gasteiger partial charge in [0.2, 0.25) is 0 Å². The summed E-state index contributed by atoms with van der Waals surface area (Å²) in [5.41, 5.74) is 2.22. The van der Waals surface area contributed by atoms with E-state index in [1.807, 2.05) is 43.3 Å². The van der Waals surface area contributed by atoms with Crippen LogP contribution < -0.4 is 0 Å². The lowest BCUT2D eigenvalue weighted by atomic mass is 9.90. The molecule has 1 N–H and O–H groups in total. The van der Waals surface area contributed by atoms with E-state index < -0.39 is 5.97 Å². The topological polar surface area (TPSA) is 75.4 Å². The lowest BCUT2D eigenvalue weighted by molar-refractivity contribution is -0.139.